The minimum atomic E-state index is -0.405. The van der Waals surface area contributed by atoms with Gasteiger partial charge in [0.25, 0.3) is 0 Å². The van der Waals surface area contributed by atoms with Crippen LogP contribution >= 0.6 is 0 Å². The number of amides is 2. The van der Waals surface area contributed by atoms with E-state index < -0.39 is 5.82 Å². The Hall–Kier alpha value is -3.16. The summed E-state index contributed by atoms with van der Waals surface area (Å²) in [5.41, 5.74) is 0.301. The number of carbonyl (C=O) groups excluding carboxylic acids is 1. The molecule has 0 saturated carbocycles. The number of benzene rings is 1. The number of nitrogens with zero attached hydrogens (tertiary/aromatic N) is 4. The smallest absolute Gasteiger partial charge is 0.323 e. The van der Waals surface area contributed by atoms with Crippen LogP contribution in [-0.2, 0) is 0 Å². The number of rotatable bonds is 3. The monoisotopic (exact) mass is 341 g/mol. The maximum Gasteiger partial charge on any atom is 0.323 e. The molecule has 0 spiro atoms. The van der Waals surface area contributed by atoms with Crippen molar-refractivity contribution in [3.05, 3.63) is 54.6 Å². The molecule has 128 valence electrons. The maximum absolute atomic E-state index is 13.8. The van der Waals surface area contributed by atoms with Crippen molar-refractivity contribution in [2.75, 3.05) is 18.4 Å². The van der Waals surface area contributed by atoms with Gasteiger partial charge in [-0.15, -0.1) is 0 Å². The number of likely N-dealkylation sites (tertiary alicyclic amines) is 1. The topological polar surface area (TPSA) is 76.2 Å². The lowest BCUT2D eigenvalue weighted by atomic mass is 10.1. The first-order chi connectivity index (χ1) is 12.2. The summed E-state index contributed by atoms with van der Waals surface area (Å²) in [6.07, 6.45) is 4.46. The molecule has 1 aliphatic heterocycles. The summed E-state index contributed by atoms with van der Waals surface area (Å²) in [5.74, 6) is 0.119. The highest BCUT2D eigenvalue weighted by atomic mass is 19.1. The zero-order chi connectivity index (χ0) is 17.2. The van der Waals surface area contributed by atoms with Crippen LogP contribution < -0.4 is 5.32 Å². The quantitative estimate of drug-likeness (QED) is 0.794. The third-order valence-corrected chi connectivity index (χ3v) is 4.23. The van der Waals surface area contributed by atoms with Gasteiger partial charge in [-0.25, -0.2) is 9.18 Å². The number of carbonyl (C=O) groups is 1. The van der Waals surface area contributed by atoms with Crippen LogP contribution in [0.5, 0.6) is 0 Å². The molecule has 25 heavy (non-hydrogen) atoms. The number of nitrogens with one attached hydrogen (secondary N) is 1. The SMILES string of the molecule is O=C(Nc1cc(-c2ccccc2F)on1)N1CCC(n2cccn2)C1. The van der Waals surface area contributed by atoms with Crippen LogP contribution in [0.3, 0.4) is 0 Å². The van der Waals surface area contributed by atoms with E-state index in [1.165, 1.54) is 12.1 Å². The number of hydrogen-bond acceptors (Lipinski definition) is 4. The highest BCUT2D eigenvalue weighted by Crippen LogP contribution is 2.26. The third kappa shape index (κ3) is 3.10. The second-order valence-corrected chi connectivity index (χ2v) is 5.86. The summed E-state index contributed by atoms with van der Waals surface area (Å²) >= 11 is 0. The van der Waals surface area contributed by atoms with Crippen molar-refractivity contribution in [1.29, 1.82) is 0 Å². The molecule has 1 aromatic carbocycles. The standard InChI is InChI=1S/C17H16FN5O2/c18-14-5-2-1-4-13(14)15-10-16(21-25-15)20-17(24)22-9-6-12(11-22)23-8-3-7-19-23/h1-5,7-8,10,12H,6,9,11H2,(H,20,21,24). The molecule has 7 nitrogen and oxygen atoms in total. The van der Waals surface area contributed by atoms with Gasteiger partial charge in [0.1, 0.15) is 5.82 Å². The van der Waals surface area contributed by atoms with E-state index in [1.807, 2.05) is 16.9 Å². The van der Waals surface area contributed by atoms with E-state index in [1.54, 1.807) is 29.3 Å². The molecule has 1 unspecified atom stereocenters. The molecule has 0 aliphatic carbocycles. The molecule has 1 aliphatic rings. The molecular weight excluding hydrogens is 325 g/mol. The lowest BCUT2D eigenvalue weighted by molar-refractivity contribution is 0.220. The summed E-state index contributed by atoms with van der Waals surface area (Å²) in [7, 11) is 0. The normalized spacial score (nSPS) is 17.0. The second-order valence-electron chi connectivity index (χ2n) is 5.86. The molecule has 3 aromatic rings. The molecule has 4 rings (SSSR count). The van der Waals surface area contributed by atoms with Crippen molar-refractivity contribution in [2.24, 2.45) is 0 Å². The van der Waals surface area contributed by atoms with Gasteiger partial charge < -0.3 is 9.42 Å². The van der Waals surface area contributed by atoms with Crippen LogP contribution in [-0.4, -0.2) is 39.0 Å². The van der Waals surface area contributed by atoms with Crippen molar-refractivity contribution in [1.82, 2.24) is 19.8 Å². The predicted octanol–water partition coefficient (Wildman–Crippen LogP) is 3.16. The van der Waals surface area contributed by atoms with Gasteiger partial charge in [-0.1, -0.05) is 17.3 Å². The molecule has 1 atom stereocenters. The van der Waals surface area contributed by atoms with Gasteiger partial charge >= 0.3 is 6.03 Å². The van der Waals surface area contributed by atoms with Gasteiger partial charge in [0, 0.05) is 31.5 Å². The molecule has 0 radical (unpaired) electrons. The Bertz CT molecular complexity index is 877. The van der Waals surface area contributed by atoms with Gasteiger partial charge in [0.05, 0.1) is 11.6 Å². The largest absolute Gasteiger partial charge is 0.354 e. The van der Waals surface area contributed by atoms with Gasteiger partial charge in [-0.05, 0) is 24.6 Å². The molecule has 2 aromatic heterocycles. The van der Waals surface area contributed by atoms with Crippen molar-refractivity contribution in [3.8, 4) is 11.3 Å². The molecule has 1 N–H and O–H groups in total. The average molecular weight is 341 g/mol. The van der Waals surface area contributed by atoms with E-state index in [0.29, 0.717) is 18.7 Å². The van der Waals surface area contributed by atoms with Crippen LogP contribution in [0, 0.1) is 5.82 Å². The molecule has 2 amide bonds. The third-order valence-electron chi connectivity index (χ3n) is 4.23. The highest BCUT2D eigenvalue weighted by molar-refractivity contribution is 5.89. The lowest BCUT2D eigenvalue weighted by Gasteiger charge is -2.16. The van der Waals surface area contributed by atoms with Gasteiger partial charge in [-0.3, -0.25) is 10.00 Å². The Balaban J connectivity index is 1.41. The predicted molar refractivity (Wildman–Crippen MR) is 88.4 cm³/mol. The number of urea groups is 1. The minimum Gasteiger partial charge on any atom is -0.354 e. The molecule has 0 bridgehead atoms. The summed E-state index contributed by atoms with van der Waals surface area (Å²) < 4.78 is 20.8. The lowest BCUT2D eigenvalue weighted by Crippen LogP contribution is -2.33. The van der Waals surface area contributed by atoms with E-state index in [9.17, 15) is 9.18 Å². The van der Waals surface area contributed by atoms with Crippen LogP contribution in [0.15, 0.2) is 53.3 Å². The zero-order valence-electron chi connectivity index (χ0n) is 13.3. The number of halogens is 1. The molecule has 1 saturated heterocycles. The number of anilines is 1. The van der Waals surface area contributed by atoms with Crippen molar-refractivity contribution < 1.29 is 13.7 Å². The van der Waals surface area contributed by atoms with Crippen LogP contribution in [0.1, 0.15) is 12.5 Å². The van der Waals surface area contributed by atoms with Crippen molar-refractivity contribution in [2.45, 2.75) is 12.5 Å². The van der Waals surface area contributed by atoms with E-state index in [4.69, 9.17) is 4.52 Å². The van der Waals surface area contributed by atoms with E-state index in [-0.39, 0.29) is 23.7 Å². The summed E-state index contributed by atoms with van der Waals surface area (Å²) in [6.45, 7) is 1.21. The Morgan fingerprint density at radius 2 is 2.20 bits per heavy atom. The van der Waals surface area contributed by atoms with Gasteiger partial charge in [0.2, 0.25) is 0 Å². The summed E-state index contributed by atoms with van der Waals surface area (Å²) in [4.78, 5) is 14.1. The van der Waals surface area contributed by atoms with Gasteiger partial charge in [0.15, 0.2) is 11.6 Å². The highest BCUT2D eigenvalue weighted by Gasteiger charge is 2.28. The number of hydrogen-bond donors (Lipinski definition) is 1. The fourth-order valence-corrected chi connectivity index (χ4v) is 2.95. The first-order valence-electron chi connectivity index (χ1n) is 7.97. The molecule has 8 heteroatoms. The van der Waals surface area contributed by atoms with Crippen LogP contribution in [0.2, 0.25) is 0 Å². The second kappa shape index (κ2) is 6.39. The van der Waals surface area contributed by atoms with E-state index in [0.717, 1.165) is 6.42 Å². The molecule has 1 fully saturated rings. The first-order valence-corrected chi connectivity index (χ1v) is 7.97. The Morgan fingerprint density at radius 3 is 3.00 bits per heavy atom. The Morgan fingerprint density at radius 1 is 1.32 bits per heavy atom. The van der Waals surface area contributed by atoms with Crippen LogP contribution in [0.25, 0.3) is 11.3 Å². The van der Waals surface area contributed by atoms with E-state index in [2.05, 4.69) is 15.6 Å². The van der Waals surface area contributed by atoms with Crippen molar-refractivity contribution in [3.63, 3.8) is 0 Å². The van der Waals surface area contributed by atoms with Crippen molar-refractivity contribution >= 4 is 11.8 Å². The molecule has 3 heterocycles. The van der Waals surface area contributed by atoms with E-state index >= 15 is 0 Å². The average Bonchev–Trinajstić information content (AvgIpc) is 3.36. The fourth-order valence-electron chi connectivity index (χ4n) is 2.95. The summed E-state index contributed by atoms with van der Waals surface area (Å²) in [5, 5.41) is 10.7. The van der Waals surface area contributed by atoms with Crippen LogP contribution in [0.4, 0.5) is 15.0 Å². The molecular formula is C17H16FN5O2. The first kappa shape index (κ1) is 15.4. The van der Waals surface area contributed by atoms with Gasteiger partial charge in [-0.2, -0.15) is 5.10 Å². The maximum atomic E-state index is 13.8. The Labute approximate surface area is 143 Å². The fraction of sp³-hybridized carbons (Fsp3) is 0.235. The Kier molecular flexibility index (Phi) is 3.93. The number of aromatic nitrogens is 3. The minimum absolute atomic E-state index is 0.173. The zero-order valence-corrected chi connectivity index (χ0v) is 13.3. The summed E-state index contributed by atoms with van der Waals surface area (Å²) in [6, 6.07) is 9.53.